The minimum Gasteiger partial charge on any atom is -0.469 e. The van der Waals surface area contributed by atoms with Gasteiger partial charge in [0.1, 0.15) is 5.78 Å². The van der Waals surface area contributed by atoms with Gasteiger partial charge in [0, 0.05) is 23.3 Å². The molecular weight excluding hydrogens is 348 g/mol. The van der Waals surface area contributed by atoms with Gasteiger partial charge >= 0.3 is 5.97 Å². The molecule has 4 heteroatoms. The molecule has 1 aromatic rings. The van der Waals surface area contributed by atoms with Crippen molar-refractivity contribution >= 4 is 23.4 Å². The number of ether oxygens (including phenoxy) is 1. The number of hydrogen-bond donors (Lipinski definition) is 0. The van der Waals surface area contributed by atoms with Crippen LogP contribution in [-0.2, 0) is 20.7 Å². The number of rotatable bonds is 3. The van der Waals surface area contributed by atoms with Gasteiger partial charge in [0.15, 0.2) is 0 Å². The number of esters is 1. The molecule has 0 saturated heterocycles. The number of benzene rings is 1. The Morgan fingerprint density at radius 3 is 2.92 bits per heavy atom. The van der Waals surface area contributed by atoms with E-state index in [0.717, 1.165) is 37.1 Å². The van der Waals surface area contributed by atoms with Crippen LogP contribution in [0.15, 0.2) is 18.2 Å². The highest BCUT2D eigenvalue weighted by Gasteiger charge is 2.58. The van der Waals surface area contributed by atoms with Crippen molar-refractivity contribution in [2.24, 2.45) is 23.2 Å². The number of Topliss-reactive ketones (excluding diaryl/α,β-unsaturated/α-hetero) is 1. The molecule has 140 valence electrons. The first-order valence-electron chi connectivity index (χ1n) is 9.82. The SMILES string of the molecule is COC(=O)CC[C@@H]1CC(=O)[C@@]2(C)CCC3c4ccc(Cl)cc4CC[C@H]3C12. The van der Waals surface area contributed by atoms with Crippen molar-refractivity contribution in [2.75, 3.05) is 7.11 Å². The second kappa shape index (κ2) is 6.67. The van der Waals surface area contributed by atoms with Gasteiger partial charge in [-0.25, -0.2) is 0 Å². The van der Waals surface area contributed by atoms with Gasteiger partial charge < -0.3 is 4.74 Å². The predicted molar refractivity (Wildman–Crippen MR) is 101 cm³/mol. The van der Waals surface area contributed by atoms with Crippen LogP contribution in [0.3, 0.4) is 0 Å². The Hall–Kier alpha value is -1.35. The monoisotopic (exact) mass is 374 g/mol. The molecule has 5 atom stereocenters. The highest BCUT2D eigenvalue weighted by atomic mass is 35.5. The summed E-state index contributed by atoms with van der Waals surface area (Å²) in [7, 11) is 1.44. The van der Waals surface area contributed by atoms with Crippen molar-refractivity contribution in [1.82, 2.24) is 0 Å². The van der Waals surface area contributed by atoms with Crippen molar-refractivity contribution in [3.05, 3.63) is 34.3 Å². The Morgan fingerprint density at radius 1 is 1.35 bits per heavy atom. The standard InChI is InChI=1S/C22H27ClO3/c1-22-10-9-17-16-7-5-15(23)11-13(16)3-6-18(17)21(22)14(12-19(22)24)4-8-20(25)26-2/h5,7,11,14,17-18,21H,3-4,6,8-10,12H2,1-2H3/t14-,17?,18-,21?,22-/m1/s1. The van der Waals surface area contributed by atoms with Crippen LogP contribution < -0.4 is 0 Å². The summed E-state index contributed by atoms with van der Waals surface area (Å²) >= 11 is 6.20. The summed E-state index contributed by atoms with van der Waals surface area (Å²) in [5, 5.41) is 0.815. The summed E-state index contributed by atoms with van der Waals surface area (Å²) in [6.45, 7) is 2.19. The Morgan fingerprint density at radius 2 is 2.15 bits per heavy atom. The fourth-order valence-electron chi connectivity index (χ4n) is 6.28. The van der Waals surface area contributed by atoms with E-state index in [9.17, 15) is 9.59 Å². The van der Waals surface area contributed by atoms with Crippen molar-refractivity contribution < 1.29 is 14.3 Å². The third kappa shape index (κ3) is 2.79. The summed E-state index contributed by atoms with van der Waals surface area (Å²) in [5.41, 5.74) is 2.63. The third-order valence-corrected chi connectivity index (χ3v) is 7.71. The molecule has 0 amide bonds. The molecule has 2 saturated carbocycles. The number of methoxy groups -OCH3 is 1. The molecule has 26 heavy (non-hydrogen) atoms. The molecule has 0 aromatic heterocycles. The van der Waals surface area contributed by atoms with Crippen molar-refractivity contribution in [1.29, 1.82) is 0 Å². The second-order valence-corrected chi connectivity index (χ2v) is 9.07. The maximum Gasteiger partial charge on any atom is 0.305 e. The van der Waals surface area contributed by atoms with Crippen molar-refractivity contribution in [3.63, 3.8) is 0 Å². The van der Waals surface area contributed by atoms with Crippen molar-refractivity contribution in [2.45, 2.75) is 57.8 Å². The maximum atomic E-state index is 12.9. The molecule has 0 radical (unpaired) electrons. The molecule has 0 N–H and O–H groups in total. The predicted octanol–water partition coefficient (Wildman–Crippen LogP) is 4.94. The second-order valence-electron chi connectivity index (χ2n) is 8.64. The minimum atomic E-state index is -0.202. The van der Waals surface area contributed by atoms with E-state index in [2.05, 4.69) is 19.1 Å². The zero-order chi connectivity index (χ0) is 18.5. The minimum absolute atomic E-state index is 0.165. The average Bonchev–Trinajstić information content (AvgIpc) is 2.89. The Kier molecular flexibility index (Phi) is 4.63. The summed E-state index contributed by atoms with van der Waals surface area (Å²) in [4.78, 5) is 24.5. The molecule has 3 aliphatic rings. The highest BCUT2D eigenvalue weighted by Crippen LogP contribution is 2.62. The van der Waals surface area contributed by atoms with Gasteiger partial charge in [0.25, 0.3) is 0 Å². The van der Waals surface area contributed by atoms with Gasteiger partial charge in [-0.05, 0) is 79.0 Å². The number of hydrogen-bond acceptors (Lipinski definition) is 3. The van der Waals surface area contributed by atoms with Gasteiger partial charge in [-0.15, -0.1) is 0 Å². The Bertz CT molecular complexity index is 743. The molecule has 0 heterocycles. The van der Waals surface area contributed by atoms with E-state index in [1.54, 1.807) is 0 Å². The molecule has 3 aliphatic carbocycles. The van der Waals surface area contributed by atoms with Crippen LogP contribution in [0, 0.1) is 23.2 Å². The van der Waals surface area contributed by atoms with E-state index >= 15 is 0 Å². The number of ketones is 1. The topological polar surface area (TPSA) is 43.4 Å². The van der Waals surface area contributed by atoms with Gasteiger partial charge in [0.05, 0.1) is 7.11 Å². The van der Waals surface area contributed by atoms with Crippen LogP contribution in [0.1, 0.15) is 62.5 Å². The fraction of sp³-hybridized carbons (Fsp3) is 0.636. The lowest BCUT2D eigenvalue weighted by Crippen LogP contribution is -2.44. The number of halogens is 1. The van der Waals surface area contributed by atoms with Crippen LogP contribution >= 0.6 is 11.6 Å². The number of carbonyl (C=O) groups excluding carboxylic acids is 2. The number of carbonyl (C=O) groups is 2. The van der Waals surface area contributed by atoms with Crippen LogP contribution in [0.25, 0.3) is 0 Å². The third-order valence-electron chi connectivity index (χ3n) is 7.48. The first kappa shape index (κ1) is 18.0. The van der Waals surface area contributed by atoms with Crippen LogP contribution in [0.2, 0.25) is 5.02 Å². The molecule has 1 aromatic carbocycles. The molecule has 2 fully saturated rings. The Labute approximate surface area is 160 Å². The molecule has 2 unspecified atom stereocenters. The number of fused-ring (bicyclic) bond motifs is 5. The normalized spacial score (nSPS) is 35.4. The quantitative estimate of drug-likeness (QED) is 0.703. The highest BCUT2D eigenvalue weighted by molar-refractivity contribution is 6.30. The van der Waals surface area contributed by atoms with E-state index in [0.29, 0.717) is 42.3 Å². The van der Waals surface area contributed by atoms with E-state index in [-0.39, 0.29) is 11.4 Å². The lowest BCUT2D eigenvalue weighted by molar-refractivity contribution is -0.141. The van der Waals surface area contributed by atoms with Gasteiger partial charge in [-0.3, -0.25) is 9.59 Å². The summed E-state index contributed by atoms with van der Waals surface area (Å²) < 4.78 is 4.83. The summed E-state index contributed by atoms with van der Waals surface area (Å²) in [6, 6.07) is 6.33. The summed E-state index contributed by atoms with van der Waals surface area (Å²) in [6.07, 6.45) is 6.05. The van der Waals surface area contributed by atoms with E-state index in [1.165, 1.54) is 18.2 Å². The van der Waals surface area contributed by atoms with Gasteiger partial charge in [-0.1, -0.05) is 24.6 Å². The van der Waals surface area contributed by atoms with E-state index < -0.39 is 0 Å². The van der Waals surface area contributed by atoms with E-state index in [1.807, 2.05) is 6.07 Å². The fourth-order valence-corrected chi connectivity index (χ4v) is 6.48. The summed E-state index contributed by atoms with van der Waals surface area (Å²) in [5.74, 6) is 2.02. The lowest BCUT2D eigenvalue weighted by atomic mass is 9.54. The van der Waals surface area contributed by atoms with Gasteiger partial charge in [0.2, 0.25) is 0 Å². The first-order valence-corrected chi connectivity index (χ1v) is 10.2. The molecule has 0 spiro atoms. The van der Waals surface area contributed by atoms with Crippen LogP contribution in [0.5, 0.6) is 0 Å². The van der Waals surface area contributed by atoms with Gasteiger partial charge in [-0.2, -0.15) is 0 Å². The number of aryl methyl sites for hydroxylation is 1. The van der Waals surface area contributed by atoms with Crippen LogP contribution in [0.4, 0.5) is 0 Å². The Balaban J connectivity index is 1.63. The average molecular weight is 375 g/mol. The van der Waals surface area contributed by atoms with Crippen LogP contribution in [-0.4, -0.2) is 18.9 Å². The van der Waals surface area contributed by atoms with Crippen molar-refractivity contribution in [3.8, 4) is 0 Å². The molecular formula is C22H27ClO3. The zero-order valence-electron chi connectivity index (χ0n) is 15.6. The molecule has 3 nitrogen and oxygen atoms in total. The lowest BCUT2D eigenvalue weighted by Gasteiger charge is -2.50. The first-order chi connectivity index (χ1) is 12.4. The maximum absolute atomic E-state index is 12.9. The molecule has 4 rings (SSSR count). The van der Waals surface area contributed by atoms with E-state index in [4.69, 9.17) is 16.3 Å². The molecule has 0 aliphatic heterocycles. The largest absolute Gasteiger partial charge is 0.469 e. The zero-order valence-corrected chi connectivity index (χ0v) is 16.3. The smallest absolute Gasteiger partial charge is 0.305 e. The molecule has 0 bridgehead atoms.